The van der Waals surface area contributed by atoms with Crippen molar-refractivity contribution in [2.45, 2.75) is 18.9 Å². The van der Waals surface area contributed by atoms with Crippen LogP contribution in [-0.4, -0.2) is 38.0 Å². The summed E-state index contributed by atoms with van der Waals surface area (Å²) in [5.41, 5.74) is 10.2. The largest absolute Gasteiger partial charge is 0.467 e. The Labute approximate surface area is 87.9 Å². The van der Waals surface area contributed by atoms with Gasteiger partial charge in [0.25, 0.3) is 0 Å². The molecule has 0 aromatic carbocycles. The van der Waals surface area contributed by atoms with Crippen molar-refractivity contribution in [1.29, 1.82) is 0 Å². The van der Waals surface area contributed by atoms with Gasteiger partial charge in [-0.3, -0.25) is 9.79 Å². The minimum Gasteiger partial charge on any atom is -0.467 e. The van der Waals surface area contributed by atoms with Gasteiger partial charge in [-0.1, -0.05) is 0 Å². The van der Waals surface area contributed by atoms with Crippen molar-refractivity contribution in [3.05, 3.63) is 0 Å². The molecule has 1 amide bonds. The predicted octanol–water partition coefficient (Wildman–Crippen LogP) is -1.67. The molecule has 0 radical (unpaired) electrons. The molecule has 0 saturated heterocycles. The molecule has 0 fully saturated rings. The summed E-state index contributed by atoms with van der Waals surface area (Å²) in [4.78, 5) is 25.0. The third kappa shape index (κ3) is 6.30. The molecular weight excluding hydrogens is 200 g/mol. The Balaban J connectivity index is 3.91. The summed E-state index contributed by atoms with van der Waals surface area (Å²) in [7, 11) is 1.26. The normalized spacial score (nSPS) is 11.3. The molecular formula is C8H16N4O3. The van der Waals surface area contributed by atoms with Crippen molar-refractivity contribution in [3.8, 4) is 0 Å². The molecule has 0 bridgehead atoms. The highest BCUT2D eigenvalue weighted by molar-refractivity contribution is 5.78. The number of rotatable bonds is 7. The van der Waals surface area contributed by atoms with E-state index in [1.54, 1.807) is 0 Å². The molecule has 5 N–H and O–H groups in total. The molecule has 86 valence electrons. The smallest absolute Gasteiger partial charge is 0.328 e. The number of ether oxygens (including phenoxy) is 1. The molecule has 0 spiro atoms. The first kappa shape index (κ1) is 13.2. The van der Waals surface area contributed by atoms with Gasteiger partial charge in [-0.25, -0.2) is 4.79 Å². The van der Waals surface area contributed by atoms with Gasteiger partial charge in [0.2, 0.25) is 6.41 Å². The third-order valence-corrected chi connectivity index (χ3v) is 1.70. The van der Waals surface area contributed by atoms with Crippen LogP contribution in [0.1, 0.15) is 12.8 Å². The molecule has 7 heteroatoms. The lowest BCUT2D eigenvalue weighted by Gasteiger charge is -2.12. The lowest BCUT2D eigenvalue weighted by atomic mass is 10.1. The van der Waals surface area contributed by atoms with E-state index in [1.807, 2.05) is 0 Å². The van der Waals surface area contributed by atoms with Gasteiger partial charge in [0.15, 0.2) is 5.96 Å². The molecule has 0 aromatic heterocycles. The number of hydrogen-bond donors (Lipinski definition) is 3. The highest BCUT2D eigenvalue weighted by Crippen LogP contribution is 1.99. The van der Waals surface area contributed by atoms with Crippen molar-refractivity contribution in [3.63, 3.8) is 0 Å². The van der Waals surface area contributed by atoms with Crippen LogP contribution in [0.4, 0.5) is 0 Å². The molecule has 0 unspecified atom stereocenters. The molecule has 1 atom stereocenters. The van der Waals surface area contributed by atoms with Crippen LogP contribution < -0.4 is 16.8 Å². The van der Waals surface area contributed by atoms with Gasteiger partial charge in [-0.2, -0.15) is 0 Å². The molecule has 0 saturated carbocycles. The predicted molar refractivity (Wildman–Crippen MR) is 54.9 cm³/mol. The van der Waals surface area contributed by atoms with Gasteiger partial charge in [-0.15, -0.1) is 0 Å². The van der Waals surface area contributed by atoms with E-state index in [0.29, 0.717) is 25.8 Å². The molecule has 15 heavy (non-hydrogen) atoms. The maximum absolute atomic E-state index is 11.1. The zero-order chi connectivity index (χ0) is 11.7. The number of esters is 1. The fourth-order valence-electron chi connectivity index (χ4n) is 0.997. The summed E-state index contributed by atoms with van der Waals surface area (Å²) in [6, 6.07) is -0.637. The fourth-order valence-corrected chi connectivity index (χ4v) is 0.997. The summed E-state index contributed by atoms with van der Waals surface area (Å²) >= 11 is 0. The lowest BCUT2D eigenvalue weighted by Crippen LogP contribution is -2.36. The van der Waals surface area contributed by atoms with Gasteiger partial charge >= 0.3 is 5.97 Å². The first-order chi connectivity index (χ1) is 7.11. The standard InChI is InChI=1S/C8H16N4O3/c1-15-7(14)6(12-5-13)3-2-4-11-8(9)10/h5-6H,2-4H2,1H3,(H,12,13)(H4,9,10,11)/t6-/m0/s1. The summed E-state index contributed by atoms with van der Waals surface area (Å²) in [6.07, 6.45) is 1.48. The van der Waals surface area contributed by atoms with Crippen LogP contribution in [-0.2, 0) is 14.3 Å². The topological polar surface area (TPSA) is 120 Å². The second kappa shape index (κ2) is 7.60. The van der Waals surface area contributed by atoms with Gasteiger partial charge < -0.3 is 21.5 Å². The highest BCUT2D eigenvalue weighted by atomic mass is 16.5. The fraction of sp³-hybridized carbons (Fsp3) is 0.625. The maximum Gasteiger partial charge on any atom is 0.328 e. The Hall–Kier alpha value is -1.79. The van der Waals surface area contributed by atoms with E-state index in [2.05, 4.69) is 15.0 Å². The second-order valence-corrected chi connectivity index (χ2v) is 2.81. The maximum atomic E-state index is 11.1. The number of nitrogens with one attached hydrogen (secondary N) is 1. The summed E-state index contributed by atoms with van der Waals surface area (Å²) in [5, 5.41) is 2.36. The molecule has 0 aliphatic carbocycles. The van der Waals surface area contributed by atoms with E-state index in [-0.39, 0.29) is 5.96 Å². The third-order valence-electron chi connectivity index (χ3n) is 1.70. The molecule has 0 heterocycles. The first-order valence-electron chi connectivity index (χ1n) is 4.44. The van der Waals surface area contributed by atoms with Crippen molar-refractivity contribution in [2.75, 3.05) is 13.7 Å². The van der Waals surface area contributed by atoms with Crippen LogP contribution in [0.2, 0.25) is 0 Å². The van der Waals surface area contributed by atoms with Crippen LogP contribution in [0.15, 0.2) is 4.99 Å². The van der Waals surface area contributed by atoms with E-state index in [4.69, 9.17) is 11.5 Å². The Bertz CT molecular complexity index is 238. The van der Waals surface area contributed by atoms with E-state index >= 15 is 0 Å². The SMILES string of the molecule is COC(=O)[C@H](CCCN=C(N)N)NC=O. The van der Waals surface area contributed by atoms with Crippen LogP contribution in [0.5, 0.6) is 0 Å². The van der Waals surface area contributed by atoms with E-state index in [9.17, 15) is 9.59 Å². The number of methoxy groups -OCH3 is 1. The number of nitrogens with zero attached hydrogens (tertiary/aromatic N) is 1. The minimum atomic E-state index is -0.637. The zero-order valence-electron chi connectivity index (χ0n) is 8.60. The van der Waals surface area contributed by atoms with Gasteiger partial charge in [0, 0.05) is 6.54 Å². The zero-order valence-corrected chi connectivity index (χ0v) is 8.60. The quantitative estimate of drug-likeness (QED) is 0.154. The van der Waals surface area contributed by atoms with E-state index < -0.39 is 12.0 Å². The number of guanidine groups is 1. The first-order valence-corrected chi connectivity index (χ1v) is 4.44. The molecule has 7 nitrogen and oxygen atoms in total. The average Bonchev–Trinajstić information content (AvgIpc) is 2.21. The number of nitrogens with two attached hydrogens (primary N) is 2. The van der Waals surface area contributed by atoms with Crippen molar-refractivity contribution in [2.24, 2.45) is 16.5 Å². The number of carbonyl (C=O) groups is 2. The van der Waals surface area contributed by atoms with Gasteiger partial charge in [-0.05, 0) is 12.8 Å². The van der Waals surface area contributed by atoms with Crippen LogP contribution in [0.25, 0.3) is 0 Å². The Morgan fingerprint density at radius 2 is 2.27 bits per heavy atom. The van der Waals surface area contributed by atoms with Crippen molar-refractivity contribution < 1.29 is 14.3 Å². The monoisotopic (exact) mass is 216 g/mol. The molecule has 0 rings (SSSR count). The molecule has 0 aliphatic heterocycles. The molecule has 0 aliphatic rings. The highest BCUT2D eigenvalue weighted by Gasteiger charge is 2.16. The number of amides is 1. The average molecular weight is 216 g/mol. The van der Waals surface area contributed by atoms with Gasteiger partial charge in [0.05, 0.1) is 7.11 Å². The van der Waals surface area contributed by atoms with Crippen LogP contribution >= 0.6 is 0 Å². The van der Waals surface area contributed by atoms with Crippen LogP contribution in [0.3, 0.4) is 0 Å². The van der Waals surface area contributed by atoms with Crippen LogP contribution in [0, 0.1) is 0 Å². The van der Waals surface area contributed by atoms with Gasteiger partial charge in [0.1, 0.15) is 6.04 Å². The summed E-state index contributed by atoms with van der Waals surface area (Å²) in [6.45, 7) is 0.413. The lowest BCUT2D eigenvalue weighted by molar-refractivity contribution is -0.144. The minimum absolute atomic E-state index is 0.00737. The number of hydrogen-bond acceptors (Lipinski definition) is 4. The van der Waals surface area contributed by atoms with E-state index in [1.165, 1.54) is 7.11 Å². The number of carbonyl (C=O) groups excluding carboxylic acids is 2. The Morgan fingerprint density at radius 1 is 1.60 bits per heavy atom. The summed E-state index contributed by atoms with van der Waals surface area (Å²) < 4.78 is 4.50. The molecule has 0 aromatic rings. The van der Waals surface area contributed by atoms with Crippen molar-refractivity contribution >= 4 is 18.3 Å². The Morgan fingerprint density at radius 3 is 2.73 bits per heavy atom. The summed E-state index contributed by atoms with van der Waals surface area (Å²) in [5.74, 6) is -0.472. The Kier molecular flexibility index (Phi) is 6.69. The second-order valence-electron chi connectivity index (χ2n) is 2.81. The number of aliphatic imine (C=N–C) groups is 1. The van der Waals surface area contributed by atoms with Crippen molar-refractivity contribution in [1.82, 2.24) is 5.32 Å². The van der Waals surface area contributed by atoms with E-state index in [0.717, 1.165) is 0 Å².